The van der Waals surface area contributed by atoms with Crippen LogP contribution in [0.3, 0.4) is 0 Å². The van der Waals surface area contributed by atoms with Gasteiger partial charge < -0.3 is 5.11 Å². The predicted molar refractivity (Wildman–Crippen MR) is 40.7 cm³/mol. The third-order valence-corrected chi connectivity index (χ3v) is 2.73. The van der Waals surface area contributed by atoms with E-state index in [4.69, 9.17) is 10.4 Å². The summed E-state index contributed by atoms with van der Waals surface area (Å²) in [7, 11) is 0. The molecule has 11 heavy (non-hydrogen) atoms. The summed E-state index contributed by atoms with van der Waals surface area (Å²) in [6, 6.07) is 0. The van der Waals surface area contributed by atoms with Gasteiger partial charge in [-0.3, -0.25) is 0 Å². The molecule has 4 nitrogen and oxygen atoms in total. The molecule has 0 unspecified atom stereocenters. The number of rotatable bonds is 3. The second-order valence-corrected chi connectivity index (χ2v) is 3.66. The van der Waals surface area contributed by atoms with Gasteiger partial charge in [0.2, 0.25) is 0 Å². The maximum absolute atomic E-state index is 9.12. The molecule has 0 heterocycles. The van der Waals surface area contributed by atoms with Gasteiger partial charge in [-0.15, -0.1) is 4.33 Å². The second kappa shape index (κ2) is 4.95. The van der Waals surface area contributed by atoms with Crippen LogP contribution in [0.15, 0.2) is 0 Å². The van der Waals surface area contributed by atoms with E-state index >= 15 is 0 Å². The molecular weight excluding hydrogens is 168 g/mol. The van der Waals surface area contributed by atoms with E-state index in [1.54, 1.807) is 0 Å². The molecule has 0 bridgehead atoms. The Morgan fingerprint density at radius 2 is 1.82 bits per heavy atom. The van der Waals surface area contributed by atoms with E-state index in [1.165, 1.54) is 0 Å². The normalized spacial score (nSPS) is 32.2. The molecule has 66 valence electrons. The van der Waals surface area contributed by atoms with E-state index in [1.807, 2.05) is 0 Å². The zero-order valence-corrected chi connectivity index (χ0v) is 6.92. The van der Waals surface area contributed by atoms with E-state index in [9.17, 15) is 0 Å². The lowest BCUT2D eigenvalue weighted by Gasteiger charge is -2.22. The Kier molecular flexibility index (Phi) is 4.17. The zero-order chi connectivity index (χ0) is 8.10. The molecule has 5 heteroatoms. The van der Waals surface area contributed by atoms with Crippen LogP contribution >= 0.6 is 12.0 Å². The summed E-state index contributed by atoms with van der Waals surface area (Å²) in [5.74, 6) is 0. The van der Waals surface area contributed by atoms with Crippen LogP contribution in [0.25, 0.3) is 0 Å². The van der Waals surface area contributed by atoms with Crippen LogP contribution in [-0.2, 0) is 9.37 Å². The van der Waals surface area contributed by atoms with Crippen LogP contribution in [0.2, 0.25) is 0 Å². The van der Waals surface area contributed by atoms with Crippen molar-refractivity contribution >= 4 is 12.0 Å². The summed E-state index contributed by atoms with van der Waals surface area (Å²) >= 11 is 1.12. The van der Waals surface area contributed by atoms with Crippen molar-refractivity contribution in [3.8, 4) is 0 Å². The Balaban J connectivity index is 2.07. The highest BCUT2D eigenvalue weighted by Gasteiger charge is 2.20. The Hall–Kier alpha value is 0.190. The highest BCUT2D eigenvalue weighted by molar-refractivity contribution is 7.95. The van der Waals surface area contributed by atoms with Crippen molar-refractivity contribution in [3.63, 3.8) is 0 Å². The van der Waals surface area contributed by atoms with Gasteiger partial charge >= 0.3 is 0 Å². The van der Waals surface area contributed by atoms with E-state index in [-0.39, 0.29) is 6.10 Å². The van der Waals surface area contributed by atoms with Gasteiger partial charge in [0.05, 0.1) is 6.10 Å². The summed E-state index contributed by atoms with van der Waals surface area (Å²) in [5.41, 5.74) is 0. The lowest BCUT2D eigenvalue weighted by atomic mass is 9.97. The van der Waals surface area contributed by atoms with Crippen molar-refractivity contribution in [2.45, 2.75) is 37.0 Å². The molecule has 1 rings (SSSR count). The fraction of sp³-hybridized carbons (Fsp3) is 1.00. The van der Waals surface area contributed by atoms with Crippen molar-refractivity contribution in [1.29, 1.82) is 0 Å². The van der Waals surface area contributed by atoms with Gasteiger partial charge in [-0.25, -0.2) is 5.26 Å². The number of aliphatic hydroxyl groups excluding tert-OH is 1. The minimum atomic E-state index is -0.151. The van der Waals surface area contributed by atoms with Gasteiger partial charge in [-0.05, 0) is 25.7 Å². The minimum Gasteiger partial charge on any atom is -0.393 e. The Labute approximate surface area is 69.6 Å². The quantitative estimate of drug-likeness (QED) is 0.390. The zero-order valence-electron chi connectivity index (χ0n) is 6.10. The summed E-state index contributed by atoms with van der Waals surface area (Å²) in [6.07, 6.45) is 3.30. The van der Waals surface area contributed by atoms with Crippen LogP contribution < -0.4 is 0 Å². The predicted octanol–water partition coefficient (Wildman–Crippen LogP) is 1.36. The molecule has 0 aromatic carbocycles. The van der Waals surface area contributed by atoms with Crippen LogP contribution in [0, 0.1) is 0 Å². The molecule has 1 aliphatic rings. The third-order valence-electron chi connectivity index (χ3n) is 1.85. The molecule has 0 aromatic heterocycles. The van der Waals surface area contributed by atoms with Gasteiger partial charge in [0.25, 0.3) is 0 Å². The van der Waals surface area contributed by atoms with Crippen LogP contribution in [0.4, 0.5) is 0 Å². The fourth-order valence-electron chi connectivity index (χ4n) is 1.21. The van der Waals surface area contributed by atoms with Crippen molar-refractivity contribution in [2.75, 3.05) is 0 Å². The highest BCUT2D eigenvalue weighted by Crippen LogP contribution is 2.28. The molecule has 0 saturated heterocycles. The number of aliphatic hydroxyl groups is 1. The summed E-state index contributed by atoms with van der Waals surface area (Å²) in [5, 5.41) is 20.8. The Morgan fingerprint density at radius 1 is 1.18 bits per heavy atom. The molecule has 2 N–H and O–H groups in total. The Morgan fingerprint density at radius 3 is 2.36 bits per heavy atom. The fourth-order valence-corrected chi connectivity index (χ4v) is 1.83. The summed E-state index contributed by atoms with van der Waals surface area (Å²) in [4.78, 5) is 0. The van der Waals surface area contributed by atoms with Crippen molar-refractivity contribution in [1.82, 2.24) is 0 Å². The first-order valence-electron chi connectivity index (χ1n) is 3.64. The van der Waals surface area contributed by atoms with Gasteiger partial charge in [0.15, 0.2) is 0 Å². The molecule has 0 amide bonds. The second-order valence-electron chi connectivity index (χ2n) is 2.67. The van der Waals surface area contributed by atoms with E-state index < -0.39 is 0 Å². The number of hydrogen-bond donors (Lipinski definition) is 2. The standard InChI is InChI=1S/C6H12O4S/c7-5-1-3-6(4-2-5)11-10-9-8/h5-8H,1-4H2. The van der Waals surface area contributed by atoms with Crippen LogP contribution in [0.5, 0.6) is 0 Å². The monoisotopic (exact) mass is 180 g/mol. The maximum Gasteiger partial charge on any atom is 0.0541 e. The molecule has 0 aliphatic heterocycles. The van der Waals surface area contributed by atoms with E-state index in [0.717, 1.165) is 37.7 Å². The van der Waals surface area contributed by atoms with Gasteiger partial charge in [0.1, 0.15) is 0 Å². The topological polar surface area (TPSA) is 58.9 Å². The average molecular weight is 180 g/mol. The minimum absolute atomic E-state index is 0.151. The average Bonchev–Trinajstić information content (AvgIpc) is 2.04. The molecule has 1 aliphatic carbocycles. The lowest BCUT2D eigenvalue weighted by molar-refractivity contribution is -0.432. The van der Waals surface area contributed by atoms with Crippen molar-refractivity contribution in [2.24, 2.45) is 0 Å². The number of hydrogen-bond acceptors (Lipinski definition) is 5. The Bertz CT molecular complexity index is 100. The summed E-state index contributed by atoms with van der Waals surface area (Å²) < 4.78 is 4.30. The summed E-state index contributed by atoms with van der Waals surface area (Å²) in [6.45, 7) is 0. The first-order chi connectivity index (χ1) is 5.33. The van der Waals surface area contributed by atoms with Crippen molar-refractivity contribution in [3.05, 3.63) is 0 Å². The lowest BCUT2D eigenvalue weighted by Crippen LogP contribution is -2.19. The first-order valence-corrected chi connectivity index (χ1v) is 4.45. The van der Waals surface area contributed by atoms with Crippen LogP contribution in [-0.4, -0.2) is 21.7 Å². The van der Waals surface area contributed by atoms with Gasteiger partial charge in [0, 0.05) is 17.3 Å². The van der Waals surface area contributed by atoms with Gasteiger partial charge in [-0.1, -0.05) is 5.04 Å². The molecule has 0 atom stereocenters. The molecule has 0 aromatic rings. The molecule has 1 saturated carbocycles. The molecule has 0 spiro atoms. The van der Waals surface area contributed by atoms with E-state index in [2.05, 4.69) is 9.37 Å². The first kappa shape index (κ1) is 9.28. The smallest absolute Gasteiger partial charge is 0.0541 e. The molecular formula is C6H12O4S. The third kappa shape index (κ3) is 3.39. The van der Waals surface area contributed by atoms with Crippen molar-refractivity contribution < 1.29 is 19.7 Å². The van der Waals surface area contributed by atoms with E-state index in [0.29, 0.717) is 5.25 Å². The maximum atomic E-state index is 9.12. The van der Waals surface area contributed by atoms with Crippen LogP contribution in [0.1, 0.15) is 25.7 Å². The molecule has 0 radical (unpaired) electrons. The molecule has 1 fully saturated rings. The SMILES string of the molecule is OOOSC1CCC(O)CC1. The van der Waals surface area contributed by atoms with Gasteiger partial charge in [-0.2, -0.15) is 0 Å². The largest absolute Gasteiger partial charge is 0.393 e. The highest BCUT2D eigenvalue weighted by atomic mass is 32.2.